The van der Waals surface area contributed by atoms with Crippen LogP contribution in [0.1, 0.15) is 0 Å². The van der Waals surface area contributed by atoms with Crippen molar-refractivity contribution in [1.29, 1.82) is 0 Å². The fraction of sp³-hybridized carbons (Fsp3) is 0. The van der Waals surface area contributed by atoms with Gasteiger partial charge >= 0.3 is 0 Å². The van der Waals surface area contributed by atoms with Crippen molar-refractivity contribution in [2.75, 3.05) is 0 Å². The SMILES string of the molecule is [O-][n+]1ccc(F)cc1-c1ccccc1. The molecule has 0 saturated carbocycles. The largest absolute Gasteiger partial charge is 0.618 e. The minimum Gasteiger partial charge on any atom is -0.618 e. The summed E-state index contributed by atoms with van der Waals surface area (Å²) in [5, 5.41) is 11.3. The smallest absolute Gasteiger partial charge is 0.226 e. The Labute approximate surface area is 80.8 Å². The van der Waals surface area contributed by atoms with Crippen molar-refractivity contribution >= 4 is 0 Å². The van der Waals surface area contributed by atoms with Gasteiger partial charge < -0.3 is 5.21 Å². The Kier molecular flexibility index (Phi) is 2.14. The van der Waals surface area contributed by atoms with Crippen LogP contribution >= 0.6 is 0 Å². The second-order valence-electron chi connectivity index (χ2n) is 2.92. The summed E-state index contributed by atoms with van der Waals surface area (Å²) < 4.78 is 13.5. The molecule has 0 spiro atoms. The summed E-state index contributed by atoms with van der Waals surface area (Å²) in [6.45, 7) is 0. The van der Waals surface area contributed by atoms with Crippen LogP contribution in [-0.2, 0) is 0 Å². The van der Waals surface area contributed by atoms with E-state index >= 15 is 0 Å². The third-order valence-electron chi connectivity index (χ3n) is 1.95. The van der Waals surface area contributed by atoms with Crippen LogP contribution in [0, 0.1) is 11.0 Å². The van der Waals surface area contributed by atoms with E-state index in [4.69, 9.17) is 0 Å². The van der Waals surface area contributed by atoms with E-state index in [1.54, 1.807) is 24.3 Å². The van der Waals surface area contributed by atoms with E-state index in [0.29, 0.717) is 16.0 Å². The van der Waals surface area contributed by atoms with Crippen LogP contribution in [0.5, 0.6) is 0 Å². The number of rotatable bonds is 1. The number of nitrogens with zero attached hydrogens (tertiary/aromatic N) is 1. The van der Waals surface area contributed by atoms with E-state index in [0.717, 1.165) is 12.3 Å². The minimum atomic E-state index is -0.407. The predicted molar refractivity (Wildman–Crippen MR) is 50.8 cm³/mol. The van der Waals surface area contributed by atoms with Gasteiger partial charge in [-0.2, -0.15) is 4.73 Å². The second kappa shape index (κ2) is 3.46. The lowest BCUT2D eigenvalue weighted by molar-refractivity contribution is -0.593. The molecule has 70 valence electrons. The maximum Gasteiger partial charge on any atom is 0.226 e. The van der Waals surface area contributed by atoms with Crippen LogP contribution in [0.15, 0.2) is 48.7 Å². The summed E-state index contributed by atoms with van der Waals surface area (Å²) in [6, 6.07) is 11.4. The fourth-order valence-electron chi connectivity index (χ4n) is 1.28. The Morgan fingerprint density at radius 2 is 1.79 bits per heavy atom. The highest BCUT2D eigenvalue weighted by atomic mass is 19.1. The summed E-state index contributed by atoms with van der Waals surface area (Å²) in [4.78, 5) is 0. The quantitative estimate of drug-likeness (QED) is 0.498. The summed E-state index contributed by atoms with van der Waals surface area (Å²) in [6.07, 6.45) is 1.16. The number of benzene rings is 1. The average molecular weight is 189 g/mol. The maximum atomic E-state index is 12.9. The van der Waals surface area contributed by atoms with Gasteiger partial charge in [-0.05, 0) is 12.1 Å². The predicted octanol–water partition coefficient (Wildman–Crippen LogP) is 2.13. The summed E-state index contributed by atoms with van der Waals surface area (Å²) in [5.41, 5.74) is 1.03. The molecule has 14 heavy (non-hydrogen) atoms. The fourth-order valence-corrected chi connectivity index (χ4v) is 1.28. The van der Waals surface area contributed by atoms with Gasteiger partial charge in [0.25, 0.3) is 0 Å². The molecule has 1 heterocycles. The number of hydrogen-bond acceptors (Lipinski definition) is 1. The third kappa shape index (κ3) is 1.57. The van der Waals surface area contributed by atoms with Gasteiger partial charge in [0.15, 0.2) is 6.20 Å². The standard InChI is InChI=1S/C11H8FNO/c12-10-6-7-13(14)11(8-10)9-4-2-1-3-5-9/h1-8H. The van der Waals surface area contributed by atoms with Crippen LogP contribution in [0.25, 0.3) is 11.3 Å². The first-order valence-electron chi connectivity index (χ1n) is 4.21. The summed E-state index contributed by atoms with van der Waals surface area (Å²) in [5.74, 6) is -0.407. The highest BCUT2D eigenvalue weighted by molar-refractivity contribution is 5.55. The molecular weight excluding hydrogens is 181 g/mol. The molecular formula is C11H8FNO. The molecule has 0 radical (unpaired) electrons. The third-order valence-corrected chi connectivity index (χ3v) is 1.95. The first kappa shape index (κ1) is 8.69. The first-order valence-corrected chi connectivity index (χ1v) is 4.21. The van der Waals surface area contributed by atoms with Gasteiger partial charge in [0.2, 0.25) is 5.69 Å². The van der Waals surface area contributed by atoms with Gasteiger partial charge in [0.1, 0.15) is 5.82 Å². The molecule has 0 aliphatic carbocycles. The van der Waals surface area contributed by atoms with E-state index in [2.05, 4.69) is 0 Å². The molecule has 0 saturated heterocycles. The van der Waals surface area contributed by atoms with Crippen molar-refractivity contribution in [3.05, 3.63) is 59.7 Å². The van der Waals surface area contributed by atoms with Crippen LogP contribution in [0.4, 0.5) is 4.39 Å². The Bertz CT molecular complexity index is 442. The molecule has 1 aromatic heterocycles. The normalized spacial score (nSPS) is 10.1. The average Bonchev–Trinajstić information content (AvgIpc) is 2.23. The number of pyridine rings is 1. The summed E-state index contributed by atoms with van der Waals surface area (Å²) >= 11 is 0. The minimum absolute atomic E-state index is 0.325. The zero-order chi connectivity index (χ0) is 9.97. The number of hydrogen-bond donors (Lipinski definition) is 0. The number of aromatic nitrogens is 1. The van der Waals surface area contributed by atoms with Crippen molar-refractivity contribution in [2.24, 2.45) is 0 Å². The van der Waals surface area contributed by atoms with E-state index in [1.165, 1.54) is 6.07 Å². The van der Waals surface area contributed by atoms with E-state index in [9.17, 15) is 9.60 Å². The molecule has 0 atom stereocenters. The molecule has 0 N–H and O–H groups in total. The molecule has 2 nitrogen and oxygen atoms in total. The molecule has 0 unspecified atom stereocenters. The Morgan fingerprint density at radius 1 is 1.07 bits per heavy atom. The second-order valence-corrected chi connectivity index (χ2v) is 2.92. The van der Waals surface area contributed by atoms with E-state index < -0.39 is 5.82 Å². The maximum absolute atomic E-state index is 12.9. The lowest BCUT2D eigenvalue weighted by atomic mass is 10.1. The lowest BCUT2D eigenvalue weighted by Gasteiger charge is -2.03. The zero-order valence-electron chi connectivity index (χ0n) is 7.35. The number of halogens is 1. The molecule has 2 aromatic rings. The molecule has 2 rings (SSSR count). The lowest BCUT2D eigenvalue weighted by Crippen LogP contribution is -2.28. The van der Waals surface area contributed by atoms with Crippen molar-refractivity contribution in [3.8, 4) is 11.3 Å². The zero-order valence-corrected chi connectivity index (χ0v) is 7.35. The molecule has 0 amide bonds. The van der Waals surface area contributed by atoms with Gasteiger partial charge in [-0.25, -0.2) is 4.39 Å². The van der Waals surface area contributed by atoms with Gasteiger partial charge in [-0.3, -0.25) is 0 Å². The van der Waals surface area contributed by atoms with Crippen LogP contribution < -0.4 is 4.73 Å². The van der Waals surface area contributed by atoms with Crippen LogP contribution in [0.3, 0.4) is 0 Å². The highest BCUT2D eigenvalue weighted by Gasteiger charge is 2.08. The molecule has 0 aliphatic rings. The molecule has 1 aromatic carbocycles. The monoisotopic (exact) mass is 189 g/mol. The summed E-state index contributed by atoms with van der Waals surface area (Å²) in [7, 11) is 0. The molecule has 3 heteroatoms. The van der Waals surface area contributed by atoms with E-state index in [1.807, 2.05) is 6.07 Å². The Morgan fingerprint density at radius 3 is 2.50 bits per heavy atom. The molecule has 0 bridgehead atoms. The van der Waals surface area contributed by atoms with E-state index in [-0.39, 0.29) is 0 Å². The highest BCUT2D eigenvalue weighted by Crippen LogP contribution is 2.14. The van der Waals surface area contributed by atoms with Crippen LogP contribution in [0.2, 0.25) is 0 Å². The van der Waals surface area contributed by atoms with Gasteiger partial charge in [0.05, 0.1) is 0 Å². The van der Waals surface area contributed by atoms with Crippen molar-refractivity contribution in [1.82, 2.24) is 0 Å². The van der Waals surface area contributed by atoms with Gasteiger partial charge in [-0.1, -0.05) is 18.2 Å². The van der Waals surface area contributed by atoms with Crippen molar-refractivity contribution < 1.29 is 9.12 Å². The van der Waals surface area contributed by atoms with Gasteiger partial charge in [0, 0.05) is 17.7 Å². The molecule has 0 fully saturated rings. The Hall–Kier alpha value is -1.90. The Balaban J connectivity index is 2.57. The van der Waals surface area contributed by atoms with Crippen LogP contribution in [-0.4, -0.2) is 0 Å². The topological polar surface area (TPSA) is 26.9 Å². The molecule has 0 aliphatic heterocycles. The first-order chi connectivity index (χ1) is 6.77. The van der Waals surface area contributed by atoms with Gasteiger partial charge in [-0.15, -0.1) is 0 Å². The van der Waals surface area contributed by atoms with Crippen molar-refractivity contribution in [3.63, 3.8) is 0 Å². The van der Waals surface area contributed by atoms with Crippen molar-refractivity contribution in [2.45, 2.75) is 0 Å².